The highest BCUT2D eigenvalue weighted by Crippen LogP contribution is 2.33. The van der Waals surface area contributed by atoms with Crippen molar-refractivity contribution in [3.8, 4) is 0 Å². The summed E-state index contributed by atoms with van der Waals surface area (Å²) in [6, 6.07) is 5.33. The predicted molar refractivity (Wildman–Crippen MR) is 81.0 cm³/mol. The van der Waals surface area contributed by atoms with Crippen LogP contribution in [-0.2, 0) is 0 Å². The number of rotatable bonds is 3. The van der Waals surface area contributed by atoms with E-state index in [2.05, 4.69) is 30.8 Å². The third kappa shape index (κ3) is 2.85. The number of piperidine rings is 1. The van der Waals surface area contributed by atoms with Gasteiger partial charge in [-0.05, 0) is 38.6 Å². The summed E-state index contributed by atoms with van der Waals surface area (Å²) in [4.78, 5) is 15.2. The minimum absolute atomic E-state index is 0.0945. The van der Waals surface area contributed by atoms with Crippen molar-refractivity contribution < 1.29 is 4.92 Å². The smallest absolute Gasteiger partial charge is 0.294 e. The van der Waals surface area contributed by atoms with Crippen molar-refractivity contribution in [1.29, 1.82) is 0 Å². The van der Waals surface area contributed by atoms with Gasteiger partial charge in [0.1, 0.15) is 5.69 Å². The molecule has 0 aromatic heterocycles. The number of nitro groups is 1. The SMILES string of the molecule is CC1CCN(c2ccc(N)cc2[N+](=O)[O-])C[C@@H]1N(C)C. The summed E-state index contributed by atoms with van der Waals surface area (Å²) in [5.74, 6) is 0.592. The minimum Gasteiger partial charge on any atom is -0.399 e. The van der Waals surface area contributed by atoms with Crippen LogP contribution >= 0.6 is 0 Å². The van der Waals surface area contributed by atoms with Crippen LogP contribution in [0.15, 0.2) is 18.2 Å². The maximum Gasteiger partial charge on any atom is 0.294 e. The number of nitrogens with zero attached hydrogens (tertiary/aromatic N) is 3. The van der Waals surface area contributed by atoms with E-state index in [9.17, 15) is 10.1 Å². The van der Waals surface area contributed by atoms with Gasteiger partial charge in [-0.15, -0.1) is 0 Å². The average Bonchev–Trinajstić information content (AvgIpc) is 2.39. The summed E-state index contributed by atoms with van der Waals surface area (Å²) in [5, 5.41) is 11.2. The van der Waals surface area contributed by atoms with Crippen LogP contribution < -0.4 is 10.6 Å². The van der Waals surface area contributed by atoms with E-state index in [-0.39, 0.29) is 10.6 Å². The first-order valence-corrected chi connectivity index (χ1v) is 6.85. The first kappa shape index (κ1) is 14.6. The molecule has 1 aliphatic heterocycles. The minimum atomic E-state index is -0.353. The topological polar surface area (TPSA) is 75.6 Å². The van der Waals surface area contributed by atoms with Crippen molar-refractivity contribution in [2.45, 2.75) is 19.4 Å². The Bertz CT molecular complexity index is 504. The fourth-order valence-electron chi connectivity index (χ4n) is 2.89. The Morgan fingerprint density at radius 1 is 1.45 bits per heavy atom. The molecular formula is C14H22N4O2. The first-order valence-electron chi connectivity index (χ1n) is 6.85. The predicted octanol–water partition coefficient (Wildman–Crippen LogP) is 1.95. The molecule has 1 saturated heterocycles. The number of benzene rings is 1. The third-order valence-corrected chi connectivity index (χ3v) is 4.12. The Morgan fingerprint density at radius 3 is 2.75 bits per heavy atom. The van der Waals surface area contributed by atoms with E-state index >= 15 is 0 Å². The zero-order chi connectivity index (χ0) is 14.9. The van der Waals surface area contributed by atoms with Crippen LogP contribution in [0.4, 0.5) is 17.1 Å². The Morgan fingerprint density at radius 2 is 2.15 bits per heavy atom. The number of nitrogens with two attached hydrogens (primary N) is 1. The quantitative estimate of drug-likeness (QED) is 0.519. The van der Waals surface area contributed by atoms with E-state index in [1.165, 1.54) is 6.07 Å². The number of hydrogen-bond donors (Lipinski definition) is 1. The molecule has 0 saturated carbocycles. The van der Waals surface area contributed by atoms with Gasteiger partial charge >= 0.3 is 0 Å². The van der Waals surface area contributed by atoms with Crippen LogP contribution in [0.2, 0.25) is 0 Å². The summed E-state index contributed by atoms with van der Waals surface area (Å²) in [6.45, 7) is 3.88. The lowest BCUT2D eigenvalue weighted by molar-refractivity contribution is -0.384. The zero-order valence-electron chi connectivity index (χ0n) is 12.2. The monoisotopic (exact) mass is 278 g/mol. The fourth-order valence-corrected chi connectivity index (χ4v) is 2.89. The standard InChI is InChI=1S/C14H22N4O2/c1-10-6-7-17(9-14(10)16(2)3)12-5-4-11(15)8-13(12)18(19)20/h4-5,8,10,14H,6-7,9,15H2,1-3H3/t10?,14-/m0/s1. The second-order valence-corrected chi connectivity index (χ2v) is 5.75. The van der Waals surface area contributed by atoms with Crippen LogP contribution in [-0.4, -0.2) is 43.0 Å². The van der Waals surface area contributed by atoms with E-state index in [1.54, 1.807) is 12.1 Å². The summed E-state index contributed by atoms with van der Waals surface area (Å²) in [6.07, 6.45) is 1.03. The van der Waals surface area contributed by atoms with Gasteiger partial charge in [0.05, 0.1) is 4.92 Å². The molecule has 2 rings (SSSR count). The molecule has 110 valence electrons. The van der Waals surface area contributed by atoms with E-state index in [1.807, 2.05) is 0 Å². The Hall–Kier alpha value is -1.82. The lowest BCUT2D eigenvalue weighted by atomic mass is 9.92. The van der Waals surface area contributed by atoms with E-state index in [4.69, 9.17) is 5.73 Å². The van der Waals surface area contributed by atoms with Crippen molar-refractivity contribution >= 4 is 17.1 Å². The number of nitrogen functional groups attached to an aromatic ring is 1. The molecule has 6 nitrogen and oxygen atoms in total. The largest absolute Gasteiger partial charge is 0.399 e. The molecule has 6 heteroatoms. The molecule has 0 radical (unpaired) electrons. The molecule has 0 spiro atoms. The van der Waals surface area contributed by atoms with Gasteiger partial charge in [-0.1, -0.05) is 6.92 Å². The number of likely N-dealkylation sites (N-methyl/N-ethyl adjacent to an activating group) is 1. The first-order chi connectivity index (χ1) is 9.40. The molecule has 1 aromatic rings. The molecule has 0 bridgehead atoms. The van der Waals surface area contributed by atoms with Gasteiger partial charge in [0.15, 0.2) is 0 Å². The van der Waals surface area contributed by atoms with Gasteiger partial charge < -0.3 is 15.5 Å². The number of hydrogen-bond acceptors (Lipinski definition) is 5. The van der Waals surface area contributed by atoms with Gasteiger partial charge in [-0.3, -0.25) is 10.1 Å². The summed E-state index contributed by atoms with van der Waals surface area (Å²) in [5.41, 5.74) is 6.85. The molecule has 1 unspecified atom stereocenters. The van der Waals surface area contributed by atoms with Crippen LogP contribution in [0.1, 0.15) is 13.3 Å². The van der Waals surface area contributed by atoms with Crippen molar-refractivity contribution in [1.82, 2.24) is 4.90 Å². The molecule has 1 heterocycles. The third-order valence-electron chi connectivity index (χ3n) is 4.12. The molecule has 20 heavy (non-hydrogen) atoms. The Labute approximate surface area is 119 Å². The summed E-state index contributed by atoms with van der Waals surface area (Å²) < 4.78 is 0. The Kier molecular flexibility index (Phi) is 4.13. The van der Waals surface area contributed by atoms with Gasteiger partial charge in [-0.2, -0.15) is 0 Å². The molecule has 0 aliphatic carbocycles. The van der Waals surface area contributed by atoms with Crippen molar-refractivity contribution in [3.63, 3.8) is 0 Å². The highest BCUT2D eigenvalue weighted by Gasteiger charge is 2.30. The molecule has 1 fully saturated rings. The summed E-state index contributed by atoms with van der Waals surface area (Å²) in [7, 11) is 4.12. The van der Waals surface area contributed by atoms with Crippen molar-refractivity contribution in [3.05, 3.63) is 28.3 Å². The average molecular weight is 278 g/mol. The molecule has 1 aromatic carbocycles. The maximum absolute atomic E-state index is 11.2. The van der Waals surface area contributed by atoms with Gasteiger partial charge in [-0.25, -0.2) is 0 Å². The summed E-state index contributed by atoms with van der Waals surface area (Å²) >= 11 is 0. The van der Waals surface area contributed by atoms with Gasteiger partial charge in [0.25, 0.3) is 5.69 Å². The normalized spacial score (nSPS) is 23.1. The fraction of sp³-hybridized carbons (Fsp3) is 0.571. The molecule has 2 atom stereocenters. The highest BCUT2D eigenvalue weighted by atomic mass is 16.6. The van der Waals surface area contributed by atoms with Gasteiger partial charge in [0.2, 0.25) is 0 Å². The van der Waals surface area contributed by atoms with Crippen LogP contribution in [0.5, 0.6) is 0 Å². The van der Waals surface area contributed by atoms with Gasteiger partial charge in [0, 0.05) is 30.9 Å². The molecule has 1 aliphatic rings. The van der Waals surface area contributed by atoms with Crippen LogP contribution in [0, 0.1) is 16.0 Å². The lowest BCUT2D eigenvalue weighted by Gasteiger charge is -2.41. The van der Waals surface area contributed by atoms with E-state index in [0.717, 1.165) is 19.5 Å². The zero-order valence-corrected chi connectivity index (χ0v) is 12.2. The lowest BCUT2D eigenvalue weighted by Crippen LogP contribution is -2.49. The Balaban J connectivity index is 2.30. The highest BCUT2D eigenvalue weighted by molar-refractivity contribution is 5.68. The van der Waals surface area contributed by atoms with Crippen molar-refractivity contribution in [2.75, 3.05) is 37.8 Å². The second kappa shape index (κ2) is 5.66. The van der Waals surface area contributed by atoms with Crippen LogP contribution in [0.3, 0.4) is 0 Å². The molecule has 2 N–H and O–H groups in total. The van der Waals surface area contributed by atoms with E-state index in [0.29, 0.717) is 23.3 Å². The van der Waals surface area contributed by atoms with E-state index < -0.39 is 0 Å². The molecule has 0 amide bonds. The second-order valence-electron chi connectivity index (χ2n) is 5.75. The molecular weight excluding hydrogens is 256 g/mol. The maximum atomic E-state index is 11.2. The number of nitro benzene ring substituents is 1. The number of anilines is 2. The van der Waals surface area contributed by atoms with Crippen molar-refractivity contribution in [2.24, 2.45) is 5.92 Å². The van der Waals surface area contributed by atoms with Crippen LogP contribution in [0.25, 0.3) is 0 Å².